The fraction of sp³-hybridized carbons (Fsp3) is 0.357. The molecule has 0 fully saturated rings. The normalized spacial score (nSPS) is 11.8. The van der Waals surface area contributed by atoms with E-state index in [1.165, 1.54) is 0 Å². The lowest BCUT2D eigenvalue weighted by Crippen LogP contribution is -2.21. The van der Waals surface area contributed by atoms with Gasteiger partial charge in [0.1, 0.15) is 5.75 Å². The predicted molar refractivity (Wildman–Crippen MR) is 75.1 cm³/mol. The van der Waals surface area contributed by atoms with Crippen molar-refractivity contribution in [3.05, 3.63) is 28.9 Å². The second kappa shape index (κ2) is 4.78. The van der Waals surface area contributed by atoms with Crippen LogP contribution in [0.25, 0.3) is 10.9 Å². The molecular formula is C14H16ClNO3. The third-order valence-corrected chi connectivity index (χ3v) is 3.60. The number of nitrogens with one attached hydrogen (secondary N) is 1. The van der Waals surface area contributed by atoms with Crippen molar-refractivity contribution in [1.29, 1.82) is 0 Å². The molecule has 2 aromatic rings. The number of aliphatic carboxylic acids is 1. The summed E-state index contributed by atoms with van der Waals surface area (Å²) in [5, 5.41) is 10.4. The Morgan fingerprint density at radius 1 is 1.47 bits per heavy atom. The highest BCUT2D eigenvalue weighted by molar-refractivity contribution is 6.36. The first kappa shape index (κ1) is 13.7. The second-order valence-electron chi connectivity index (χ2n) is 5.16. The first-order valence-electron chi connectivity index (χ1n) is 5.92. The lowest BCUT2D eigenvalue weighted by molar-refractivity contribution is -0.138. The van der Waals surface area contributed by atoms with Gasteiger partial charge < -0.3 is 14.8 Å². The monoisotopic (exact) mass is 281 g/mol. The van der Waals surface area contributed by atoms with Crippen LogP contribution in [0.4, 0.5) is 0 Å². The van der Waals surface area contributed by atoms with Crippen LogP contribution in [0.1, 0.15) is 25.8 Å². The van der Waals surface area contributed by atoms with Gasteiger partial charge in [-0.1, -0.05) is 25.4 Å². The second-order valence-corrected chi connectivity index (χ2v) is 5.56. The standard InChI is InChI=1S/C14H16ClNO3/c1-14(2,6-11(17)18)8-7-16-13-10(19-3)5-4-9(15)12(8)13/h4-5,7,16H,6H2,1-3H3,(H,17,18). The van der Waals surface area contributed by atoms with Crippen molar-refractivity contribution in [2.45, 2.75) is 25.7 Å². The molecular weight excluding hydrogens is 266 g/mol. The highest BCUT2D eigenvalue weighted by Crippen LogP contribution is 2.39. The zero-order valence-electron chi connectivity index (χ0n) is 11.1. The molecule has 102 valence electrons. The molecule has 0 aliphatic rings. The van der Waals surface area contributed by atoms with Gasteiger partial charge in [0.05, 0.1) is 24.1 Å². The fourth-order valence-corrected chi connectivity index (χ4v) is 2.62. The Hall–Kier alpha value is -1.68. The molecule has 0 saturated heterocycles. The number of H-pyrrole nitrogens is 1. The van der Waals surface area contributed by atoms with Crippen LogP contribution in [-0.2, 0) is 10.2 Å². The molecule has 0 amide bonds. The predicted octanol–water partition coefficient (Wildman–Crippen LogP) is 3.58. The number of aromatic nitrogens is 1. The zero-order chi connectivity index (χ0) is 14.2. The van der Waals surface area contributed by atoms with Crippen molar-refractivity contribution in [2.24, 2.45) is 0 Å². The van der Waals surface area contributed by atoms with E-state index in [9.17, 15) is 4.79 Å². The Bertz CT molecular complexity index is 631. The maximum absolute atomic E-state index is 11.0. The van der Waals surface area contributed by atoms with E-state index in [1.54, 1.807) is 19.2 Å². The number of ether oxygens (including phenoxy) is 1. The van der Waals surface area contributed by atoms with Gasteiger partial charge in [0.25, 0.3) is 0 Å². The van der Waals surface area contributed by atoms with Gasteiger partial charge in [0, 0.05) is 17.0 Å². The van der Waals surface area contributed by atoms with Crippen LogP contribution in [0.15, 0.2) is 18.3 Å². The van der Waals surface area contributed by atoms with Crippen molar-refractivity contribution in [3.8, 4) is 5.75 Å². The minimum atomic E-state index is -0.835. The van der Waals surface area contributed by atoms with Gasteiger partial charge in [0.15, 0.2) is 0 Å². The average molecular weight is 282 g/mol. The number of hydrogen-bond acceptors (Lipinski definition) is 2. The van der Waals surface area contributed by atoms with Gasteiger partial charge in [-0.3, -0.25) is 4.79 Å². The summed E-state index contributed by atoms with van der Waals surface area (Å²) < 4.78 is 5.28. The molecule has 0 spiro atoms. The topological polar surface area (TPSA) is 62.3 Å². The molecule has 1 aromatic carbocycles. The molecule has 0 aliphatic carbocycles. The fourth-order valence-electron chi connectivity index (χ4n) is 2.36. The number of benzene rings is 1. The van der Waals surface area contributed by atoms with Crippen LogP contribution in [0.2, 0.25) is 5.02 Å². The molecule has 19 heavy (non-hydrogen) atoms. The molecule has 0 saturated carbocycles. The number of carboxylic acids is 1. The van der Waals surface area contributed by atoms with E-state index in [0.717, 1.165) is 16.5 Å². The van der Waals surface area contributed by atoms with Crippen LogP contribution in [0, 0.1) is 0 Å². The van der Waals surface area contributed by atoms with Gasteiger partial charge in [-0.2, -0.15) is 0 Å². The SMILES string of the molecule is COc1ccc(Cl)c2c(C(C)(C)CC(=O)O)c[nH]c12. The smallest absolute Gasteiger partial charge is 0.304 e. The minimum Gasteiger partial charge on any atom is -0.495 e. The first-order valence-corrected chi connectivity index (χ1v) is 6.30. The summed E-state index contributed by atoms with van der Waals surface area (Å²) in [5.74, 6) is -0.143. The van der Waals surface area contributed by atoms with Crippen molar-refractivity contribution in [1.82, 2.24) is 4.98 Å². The van der Waals surface area contributed by atoms with Crippen LogP contribution in [0.3, 0.4) is 0 Å². The molecule has 2 rings (SSSR count). The maximum atomic E-state index is 11.0. The molecule has 1 heterocycles. The molecule has 0 atom stereocenters. The Balaban J connectivity index is 2.66. The number of aromatic amines is 1. The van der Waals surface area contributed by atoms with Crippen LogP contribution < -0.4 is 4.74 Å². The number of rotatable bonds is 4. The molecule has 1 aromatic heterocycles. The molecule has 0 bridgehead atoms. The third-order valence-electron chi connectivity index (χ3n) is 3.29. The Labute approximate surface area is 116 Å². The summed E-state index contributed by atoms with van der Waals surface area (Å²) >= 11 is 6.25. The number of halogens is 1. The lowest BCUT2D eigenvalue weighted by Gasteiger charge is -2.22. The van der Waals surface area contributed by atoms with Gasteiger partial charge in [-0.15, -0.1) is 0 Å². The van der Waals surface area contributed by atoms with Gasteiger partial charge in [-0.25, -0.2) is 0 Å². The lowest BCUT2D eigenvalue weighted by atomic mass is 9.81. The van der Waals surface area contributed by atoms with Crippen molar-refractivity contribution in [3.63, 3.8) is 0 Å². The van der Waals surface area contributed by atoms with E-state index in [4.69, 9.17) is 21.4 Å². The van der Waals surface area contributed by atoms with E-state index < -0.39 is 11.4 Å². The molecule has 2 N–H and O–H groups in total. The van der Waals surface area contributed by atoms with Gasteiger partial charge >= 0.3 is 5.97 Å². The number of methoxy groups -OCH3 is 1. The number of hydrogen-bond donors (Lipinski definition) is 2. The third kappa shape index (κ3) is 2.40. The van der Waals surface area contributed by atoms with Crippen LogP contribution in [0.5, 0.6) is 5.75 Å². The number of fused-ring (bicyclic) bond motifs is 1. The highest BCUT2D eigenvalue weighted by Gasteiger charge is 2.28. The summed E-state index contributed by atoms with van der Waals surface area (Å²) in [6.45, 7) is 3.78. The van der Waals surface area contributed by atoms with Crippen molar-refractivity contribution >= 4 is 28.5 Å². The summed E-state index contributed by atoms with van der Waals surface area (Å²) in [6.07, 6.45) is 1.84. The quantitative estimate of drug-likeness (QED) is 0.900. The largest absolute Gasteiger partial charge is 0.495 e. The van der Waals surface area contributed by atoms with Crippen LogP contribution in [-0.4, -0.2) is 23.2 Å². The Kier molecular flexibility index (Phi) is 3.45. The van der Waals surface area contributed by atoms with Crippen molar-refractivity contribution in [2.75, 3.05) is 7.11 Å². The molecule has 0 radical (unpaired) electrons. The summed E-state index contributed by atoms with van der Waals surface area (Å²) in [6, 6.07) is 3.55. The average Bonchev–Trinajstić information content (AvgIpc) is 2.74. The summed E-state index contributed by atoms with van der Waals surface area (Å²) in [5.41, 5.74) is 1.16. The first-order chi connectivity index (χ1) is 8.86. The van der Waals surface area contributed by atoms with E-state index in [2.05, 4.69) is 4.98 Å². The van der Waals surface area contributed by atoms with Crippen LogP contribution >= 0.6 is 11.6 Å². The van der Waals surface area contributed by atoms with Crippen molar-refractivity contribution < 1.29 is 14.6 Å². The molecule has 0 aliphatic heterocycles. The minimum absolute atomic E-state index is 0.0352. The van der Waals surface area contributed by atoms with E-state index in [-0.39, 0.29) is 6.42 Å². The van der Waals surface area contributed by atoms with Gasteiger partial charge in [-0.05, 0) is 17.7 Å². The van der Waals surface area contributed by atoms with E-state index in [1.807, 2.05) is 20.0 Å². The van der Waals surface area contributed by atoms with E-state index in [0.29, 0.717) is 10.8 Å². The molecule has 4 nitrogen and oxygen atoms in total. The highest BCUT2D eigenvalue weighted by atomic mass is 35.5. The number of carboxylic acid groups (broad SMARTS) is 1. The zero-order valence-corrected chi connectivity index (χ0v) is 11.8. The summed E-state index contributed by atoms with van der Waals surface area (Å²) in [7, 11) is 1.59. The number of carbonyl (C=O) groups is 1. The molecule has 0 unspecified atom stereocenters. The Morgan fingerprint density at radius 2 is 2.16 bits per heavy atom. The van der Waals surface area contributed by atoms with E-state index >= 15 is 0 Å². The van der Waals surface area contributed by atoms with Gasteiger partial charge in [0.2, 0.25) is 0 Å². The molecule has 5 heteroatoms. The Morgan fingerprint density at radius 3 is 2.74 bits per heavy atom. The summed E-state index contributed by atoms with van der Waals surface area (Å²) in [4.78, 5) is 14.1. The maximum Gasteiger partial charge on any atom is 0.304 e.